The number of hydrogen-bond acceptors (Lipinski definition) is 3. The van der Waals surface area contributed by atoms with Crippen molar-refractivity contribution in [2.24, 2.45) is 14.1 Å². The Morgan fingerprint density at radius 2 is 1.47 bits per heavy atom. The number of carbonyl (C=O) groups excluding carboxylic acids is 1. The Balaban J connectivity index is 1.69. The average Bonchev–Trinajstić information content (AvgIpc) is 3.07. The van der Waals surface area contributed by atoms with Gasteiger partial charge in [-0.1, -0.05) is 35.9 Å². The van der Waals surface area contributed by atoms with Crippen molar-refractivity contribution in [1.82, 2.24) is 13.7 Å². The molecule has 7 heteroatoms. The predicted octanol–water partition coefficient (Wildman–Crippen LogP) is 3.28. The zero-order chi connectivity index (χ0) is 21.6. The molecule has 2 aromatic heterocycles. The normalized spacial score (nSPS) is 11.2. The summed E-state index contributed by atoms with van der Waals surface area (Å²) in [7, 11) is 3.14. The molecule has 0 spiro atoms. The van der Waals surface area contributed by atoms with Gasteiger partial charge in [0.1, 0.15) is 5.52 Å². The first-order valence-electron chi connectivity index (χ1n) is 9.43. The van der Waals surface area contributed by atoms with E-state index in [0.717, 1.165) is 15.8 Å². The summed E-state index contributed by atoms with van der Waals surface area (Å²) in [6.07, 6.45) is 0. The summed E-state index contributed by atoms with van der Waals surface area (Å²) in [4.78, 5) is 37.6. The smallest absolute Gasteiger partial charge is 0.331 e. The van der Waals surface area contributed by atoms with Gasteiger partial charge in [-0.15, -0.1) is 0 Å². The Morgan fingerprint density at radius 3 is 2.07 bits per heavy atom. The van der Waals surface area contributed by atoms with Gasteiger partial charge < -0.3 is 4.57 Å². The molecule has 0 bridgehead atoms. The molecule has 4 aromatic rings. The molecule has 0 aliphatic heterocycles. The lowest BCUT2D eigenvalue weighted by Crippen LogP contribution is -2.37. The number of benzene rings is 2. The van der Waals surface area contributed by atoms with Crippen LogP contribution >= 0.6 is 11.6 Å². The second-order valence-electron chi connectivity index (χ2n) is 7.34. The van der Waals surface area contributed by atoms with Crippen LogP contribution in [0.1, 0.15) is 27.2 Å². The van der Waals surface area contributed by atoms with E-state index < -0.39 is 0 Å². The molecule has 0 saturated heterocycles. The Bertz CT molecular complexity index is 1390. The fraction of sp³-hybridized carbons (Fsp3) is 0.174. The Kier molecular flexibility index (Phi) is 4.95. The largest absolute Gasteiger partial charge is 0.335 e. The average molecular weight is 422 g/mol. The number of ketones is 1. The van der Waals surface area contributed by atoms with E-state index >= 15 is 0 Å². The summed E-state index contributed by atoms with van der Waals surface area (Å²) in [6, 6.07) is 15.9. The lowest BCUT2D eigenvalue weighted by Gasteiger charge is -2.10. The topological polar surface area (TPSA) is 66.0 Å². The van der Waals surface area contributed by atoms with Crippen LogP contribution in [-0.4, -0.2) is 19.5 Å². The number of carbonyl (C=O) groups is 1. The van der Waals surface area contributed by atoms with Gasteiger partial charge in [0.25, 0.3) is 5.56 Å². The summed E-state index contributed by atoms with van der Waals surface area (Å²) in [6.45, 7) is 2.36. The minimum absolute atomic E-state index is 0.0790. The Morgan fingerprint density at radius 1 is 0.900 bits per heavy atom. The van der Waals surface area contributed by atoms with Crippen LogP contribution in [0, 0.1) is 6.92 Å². The van der Waals surface area contributed by atoms with E-state index in [4.69, 9.17) is 11.6 Å². The molecule has 2 aromatic carbocycles. The molecule has 2 heterocycles. The van der Waals surface area contributed by atoms with Crippen molar-refractivity contribution in [2.75, 3.05) is 0 Å². The molecule has 0 N–H and O–H groups in total. The quantitative estimate of drug-likeness (QED) is 0.475. The molecule has 0 atom stereocenters. The Labute approximate surface area is 177 Å². The van der Waals surface area contributed by atoms with Gasteiger partial charge in [-0.05, 0) is 42.8 Å². The summed E-state index contributed by atoms with van der Waals surface area (Å²) in [5, 5.41) is 0.583. The number of rotatable bonds is 4. The number of nitrogens with zero attached hydrogens (tertiary/aromatic N) is 3. The summed E-state index contributed by atoms with van der Waals surface area (Å²) >= 11 is 5.89. The van der Waals surface area contributed by atoms with E-state index in [-0.39, 0.29) is 17.0 Å². The van der Waals surface area contributed by atoms with Crippen LogP contribution in [0.25, 0.3) is 11.0 Å². The van der Waals surface area contributed by atoms with Crippen LogP contribution in [0.2, 0.25) is 5.02 Å². The van der Waals surface area contributed by atoms with E-state index in [1.807, 2.05) is 29.7 Å². The van der Waals surface area contributed by atoms with Crippen molar-refractivity contribution in [3.05, 3.63) is 103 Å². The van der Waals surface area contributed by atoms with E-state index in [9.17, 15) is 14.4 Å². The number of halogens is 1. The molecule has 0 fully saturated rings. The zero-order valence-corrected chi connectivity index (χ0v) is 17.6. The van der Waals surface area contributed by atoms with Gasteiger partial charge in [-0.3, -0.25) is 18.7 Å². The van der Waals surface area contributed by atoms with Crippen LogP contribution < -0.4 is 11.2 Å². The van der Waals surface area contributed by atoms with Gasteiger partial charge in [0.05, 0.1) is 5.52 Å². The van der Waals surface area contributed by atoms with Crippen molar-refractivity contribution >= 4 is 28.4 Å². The van der Waals surface area contributed by atoms with Crippen LogP contribution in [0.15, 0.2) is 64.2 Å². The summed E-state index contributed by atoms with van der Waals surface area (Å²) < 4.78 is 4.49. The van der Waals surface area contributed by atoms with Gasteiger partial charge in [0.2, 0.25) is 0 Å². The highest BCUT2D eigenvalue weighted by Crippen LogP contribution is 2.18. The van der Waals surface area contributed by atoms with Crippen LogP contribution in [0.4, 0.5) is 0 Å². The van der Waals surface area contributed by atoms with Crippen LogP contribution in [0.5, 0.6) is 0 Å². The molecule has 6 nitrogen and oxygen atoms in total. The number of hydrogen-bond donors (Lipinski definition) is 0. The zero-order valence-electron chi connectivity index (χ0n) is 16.8. The lowest BCUT2D eigenvalue weighted by molar-refractivity contribution is 0.103. The predicted molar refractivity (Wildman–Crippen MR) is 118 cm³/mol. The van der Waals surface area contributed by atoms with E-state index in [2.05, 4.69) is 0 Å². The first-order chi connectivity index (χ1) is 14.3. The fourth-order valence-corrected chi connectivity index (χ4v) is 3.75. The second kappa shape index (κ2) is 7.46. The fourth-order valence-electron chi connectivity index (χ4n) is 3.63. The molecule has 0 amide bonds. The standard InChI is InChI=1S/C23H20ClN3O3/c1-14-12-19-20(22(29)26(3)23(30)25(19)2)27(14)13-15-4-6-16(7-5-15)21(28)17-8-10-18(24)11-9-17/h4-12H,13H2,1-3H3. The molecule has 0 aliphatic rings. The minimum atomic E-state index is -0.352. The van der Waals surface area contributed by atoms with E-state index in [1.165, 1.54) is 11.6 Å². The molecule has 0 saturated carbocycles. The van der Waals surface area contributed by atoms with Crippen molar-refractivity contribution in [3.8, 4) is 0 Å². The minimum Gasteiger partial charge on any atom is -0.335 e. The number of fused-ring (bicyclic) bond motifs is 1. The van der Waals surface area contributed by atoms with Crippen molar-refractivity contribution in [1.29, 1.82) is 0 Å². The van der Waals surface area contributed by atoms with Gasteiger partial charge >= 0.3 is 5.69 Å². The monoisotopic (exact) mass is 421 g/mol. The first kappa shape index (κ1) is 19.9. The van der Waals surface area contributed by atoms with E-state index in [0.29, 0.717) is 33.7 Å². The molecule has 0 aliphatic carbocycles. The maximum absolute atomic E-state index is 12.7. The molecule has 4 rings (SSSR count). The maximum atomic E-state index is 12.7. The van der Waals surface area contributed by atoms with Crippen LogP contribution in [0.3, 0.4) is 0 Å². The second-order valence-corrected chi connectivity index (χ2v) is 7.78. The third kappa shape index (κ3) is 3.29. The van der Waals surface area contributed by atoms with Crippen LogP contribution in [-0.2, 0) is 20.6 Å². The van der Waals surface area contributed by atoms with Crippen molar-refractivity contribution in [2.45, 2.75) is 13.5 Å². The highest BCUT2D eigenvalue weighted by molar-refractivity contribution is 6.30. The summed E-state index contributed by atoms with van der Waals surface area (Å²) in [5.74, 6) is -0.0790. The Hall–Kier alpha value is -3.38. The molecule has 30 heavy (non-hydrogen) atoms. The molecule has 0 radical (unpaired) electrons. The van der Waals surface area contributed by atoms with E-state index in [1.54, 1.807) is 43.4 Å². The van der Waals surface area contributed by atoms with Crippen molar-refractivity contribution in [3.63, 3.8) is 0 Å². The molecule has 0 unspecified atom stereocenters. The lowest BCUT2D eigenvalue weighted by atomic mass is 10.0. The van der Waals surface area contributed by atoms with Gasteiger partial charge in [0.15, 0.2) is 5.78 Å². The van der Waals surface area contributed by atoms with Crippen molar-refractivity contribution < 1.29 is 4.79 Å². The number of aryl methyl sites for hydroxylation is 2. The highest BCUT2D eigenvalue weighted by Gasteiger charge is 2.16. The van der Waals surface area contributed by atoms with Gasteiger partial charge in [0, 0.05) is 42.5 Å². The highest BCUT2D eigenvalue weighted by atomic mass is 35.5. The van der Waals surface area contributed by atoms with Gasteiger partial charge in [-0.25, -0.2) is 4.79 Å². The number of aromatic nitrogens is 3. The summed E-state index contributed by atoms with van der Waals surface area (Å²) in [5.41, 5.74) is 3.39. The third-order valence-electron chi connectivity index (χ3n) is 5.39. The molecular weight excluding hydrogens is 402 g/mol. The first-order valence-corrected chi connectivity index (χ1v) is 9.81. The van der Waals surface area contributed by atoms with Gasteiger partial charge in [-0.2, -0.15) is 0 Å². The SMILES string of the molecule is Cc1cc2c(c(=O)n(C)c(=O)n2C)n1Cc1ccc(C(=O)c2ccc(Cl)cc2)cc1. The maximum Gasteiger partial charge on any atom is 0.331 e. The molecule has 152 valence electrons. The molecular formula is C23H20ClN3O3. The third-order valence-corrected chi connectivity index (χ3v) is 5.64.